The van der Waals surface area contributed by atoms with Crippen LogP contribution in [0.4, 0.5) is 5.82 Å². The van der Waals surface area contributed by atoms with E-state index in [9.17, 15) is 4.79 Å². The number of carbonyl (C=O) groups is 1. The summed E-state index contributed by atoms with van der Waals surface area (Å²) in [6.07, 6.45) is 0. The Morgan fingerprint density at radius 1 is 1.65 bits per heavy atom. The van der Waals surface area contributed by atoms with Crippen LogP contribution >= 0.6 is 0 Å². The summed E-state index contributed by atoms with van der Waals surface area (Å²) < 4.78 is 1.58. The van der Waals surface area contributed by atoms with E-state index in [0.29, 0.717) is 23.6 Å². The molecule has 0 unspecified atom stereocenters. The van der Waals surface area contributed by atoms with Crippen molar-refractivity contribution < 1.29 is 4.79 Å². The summed E-state index contributed by atoms with van der Waals surface area (Å²) in [5.41, 5.74) is 1.15. The summed E-state index contributed by atoms with van der Waals surface area (Å²) in [4.78, 5) is 13.2. The molecule has 6 heteroatoms. The molecule has 1 amide bonds. The molecule has 0 radical (unpaired) electrons. The highest BCUT2D eigenvalue weighted by Crippen LogP contribution is 2.16. The fourth-order valence-corrected chi connectivity index (χ4v) is 1.47. The van der Waals surface area contributed by atoms with Crippen molar-refractivity contribution in [1.82, 2.24) is 14.7 Å². The van der Waals surface area contributed by atoms with Crippen molar-refractivity contribution in [2.45, 2.75) is 13.8 Å². The molecule has 0 aliphatic carbocycles. The molecule has 0 aliphatic rings. The number of rotatable bonds is 4. The molecule has 1 heterocycles. The van der Waals surface area contributed by atoms with Crippen LogP contribution in [0.5, 0.6) is 0 Å². The molecule has 1 aromatic heterocycles. The van der Waals surface area contributed by atoms with Gasteiger partial charge in [0, 0.05) is 20.6 Å². The van der Waals surface area contributed by atoms with Crippen molar-refractivity contribution in [2.75, 3.05) is 25.5 Å². The molecule has 0 atom stereocenters. The van der Waals surface area contributed by atoms with E-state index < -0.39 is 0 Å². The van der Waals surface area contributed by atoms with Crippen LogP contribution in [-0.2, 0) is 11.8 Å². The van der Waals surface area contributed by atoms with Crippen LogP contribution in [0, 0.1) is 18.3 Å². The van der Waals surface area contributed by atoms with Gasteiger partial charge in [-0.05, 0) is 13.8 Å². The number of hydrogen-bond acceptors (Lipinski definition) is 4. The quantitative estimate of drug-likeness (QED) is 0.824. The molecular formula is C11H17N5O. The van der Waals surface area contributed by atoms with Crippen molar-refractivity contribution in [3.05, 3.63) is 11.3 Å². The van der Waals surface area contributed by atoms with Crippen LogP contribution in [0.2, 0.25) is 0 Å². The largest absolute Gasteiger partial charge is 0.360 e. The van der Waals surface area contributed by atoms with Gasteiger partial charge in [0.1, 0.15) is 17.5 Å². The van der Waals surface area contributed by atoms with E-state index in [4.69, 9.17) is 5.26 Å². The van der Waals surface area contributed by atoms with E-state index in [1.807, 2.05) is 6.92 Å². The number of carbonyl (C=O) groups excluding carboxylic acids is 1. The predicted octanol–water partition coefficient (Wildman–Crippen LogP) is 0.490. The normalized spacial score (nSPS) is 9.82. The molecule has 1 aromatic rings. The molecule has 0 bridgehead atoms. The van der Waals surface area contributed by atoms with Crippen LogP contribution in [0.25, 0.3) is 0 Å². The van der Waals surface area contributed by atoms with Crippen molar-refractivity contribution in [2.24, 2.45) is 7.05 Å². The maximum absolute atomic E-state index is 11.6. The lowest BCUT2D eigenvalue weighted by Gasteiger charge is -2.15. The summed E-state index contributed by atoms with van der Waals surface area (Å²) in [7, 11) is 3.48. The van der Waals surface area contributed by atoms with Gasteiger partial charge in [-0.25, -0.2) is 0 Å². The first-order chi connectivity index (χ1) is 8.01. The molecule has 0 fully saturated rings. The molecular weight excluding hydrogens is 218 g/mol. The lowest BCUT2D eigenvalue weighted by atomic mass is 10.2. The highest BCUT2D eigenvalue weighted by Gasteiger charge is 2.14. The maximum Gasteiger partial charge on any atom is 0.241 e. The second kappa shape index (κ2) is 5.34. The molecule has 1 rings (SSSR count). The summed E-state index contributed by atoms with van der Waals surface area (Å²) in [5, 5.41) is 16.1. The Morgan fingerprint density at radius 3 is 2.82 bits per heavy atom. The average Bonchev–Trinajstić information content (AvgIpc) is 2.58. The van der Waals surface area contributed by atoms with Gasteiger partial charge in [-0.3, -0.25) is 9.48 Å². The number of anilines is 1. The van der Waals surface area contributed by atoms with E-state index in [2.05, 4.69) is 16.5 Å². The molecule has 1 N–H and O–H groups in total. The first-order valence-electron chi connectivity index (χ1n) is 5.42. The number of nitrogens with zero attached hydrogens (tertiary/aromatic N) is 4. The Balaban J connectivity index is 2.77. The van der Waals surface area contributed by atoms with Crippen LogP contribution in [0.15, 0.2) is 0 Å². The van der Waals surface area contributed by atoms with Crippen molar-refractivity contribution in [3.63, 3.8) is 0 Å². The van der Waals surface area contributed by atoms with Crippen LogP contribution < -0.4 is 5.32 Å². The monoisotopic (exact) mass is 235 g/mol. The van der Waals surface area contributed by atoms with Crippen molar-refractivity contribution in [3.8, 4) is 6.07 Å². The molecule has 92 valence electrons. The van der Waals surface area contributed by atoms with Gasteiger partial charge < -0.3 is 10.2 Å². The summed E-state index contributed by atoms with van der Waals surface area (Å²) in [6, 6.07) is 2.08. The molecule has 0 saturated carbocycles. The fourth-order valence-electron chi connectivity index (χ4n) is 1.47. The van der Waals surface area contributed by atoms with Gasteiger partial charge in [-0.1, -0.05) is 0 Å². The van der Waals surface area contributed by atoms with Gasteiger partial charge in [0.05, 0.1) is 12.2 Å². The average molecular weight is 235 g/mol. The van der Waals surface area contributed by atoms with Crippen LogP contribution in [-0.4, -0.2) is 40.7 Å². The van der Waals surface area contributed by atoms with E-state index in [-0.39, 0.29) is 12.5 Å². The minimum Gasteiger partial charge on any atom is -0.360 e. The Bertz CT molecular complexity index is 457. The highest BCUT2D eigenvalue weighted by atomic mass is 16.2. The first kappa shape index (κ1) is 13.0. The first-order valence-corrected chi connectivity index (χ1v) is 5.42. The van der Waals surface area contributed by atoms with Gasteiger partial charge >= 0.3 is 0 Å². The zero-order valence-electron chi connectivity index (χ0n) is 10.6. The van der Waals surface area contributed by atoms with Crippen molar-refractivity contribution >= 4 is 11.7 Å². The number of aromatic nitrogens is 2. The van der Waals surface area contributed by atoms with E-state index in [1.165, 1.54) is 0 Å². The van der Waals surface area contributed by atoms with Crippen molar-refractivity contribution in [1.29, 1.82) is 5.26 Å². The van der Waals surface area contributed by atoms with E-state index in [0.717, 1.165) is 0 Å². The zero-order chi connectivity index (χ0) is 13.0. The number of likely N-dealkylation sites (N-methyl/N-ethyl adjacent to an activating group) is 1. The lowest BCUT2D eigenvalue weighted by Crippen LogP contribution is -2.32. The minimum absolute atomic E-state index is 0.0183. The minimum atomic E-state index is -0.0183. The Morgan fingerprint density at radius 2 is 2.29 bits per heavy atom. The predicted molar refractivity (Wildman–Crippen MR) is 64.5 cm³/mol. The standard InChI is InChI=1S/C11H17N5O/c1-5-15(3)10(17)7-13-11-9(6-12)8(2)14-16(11)4/h13H,5,7H2,1-4H3. The smallest absolute Gasteiger partial charge is 0.241 e. The Kier molecular flexibility index (Phi) is 4.10. The number of nitrogens with one attached hydrogen (secondary N) is 1. The third-order valence-electron chi connectivity index (χ3n) is 2.64. The summed E-state index contributed by atoms with van der Waals surface area (Å²) >= 11 is 0. The van der Waals surface area contributed by atoms with Gasteiger partial charge in [0.15, 0.2) is 0 Å². The number of nitriles is 1. The lowest BCUT2D eigenvalue weighted by molar-refractivity contribution is -0.127. The van der Waals surface area contributed by atoms with Gasteiger partial charge in [-0.2, -0.15) is 10.4 Å². The highest BCUT2D eigenvalue weighted by molar-refractivity contribution is 5.80. The molecule has 6 nitrogen and oxygen atoms in total. The zero-order valence-corrected chi connectivity index (χ0v) is 10.6. The fraction of sp³-hybridized carbons (Fsp3) is 0.545. The topological polar surface area (TPSA) is 74.0 Å². The number of amides is 1. The maximum atomic E-state index is 11.6. The second-order valence-corrected chi connectivity index (χ2v) is 3.81. The molecule has 17 heavy (non-hydrogen) atoms. The third kappa shape index (κ3) is 2.75. The summed E-state index contributed by atoms with van der Waals surface area (Å²) in [5.74, 6) is 0.568. The van der Waals surface area contributed by atoms with E-state index in [1.54, 1.807) is 30.6 Å². The molecule has 0 aliphatic heterocycles. The molecule has 0 spiro atoms. The van der Waals surface area contributed by atoms with Crippen LogP contribution in [0.3, 0.4) is 0 Å². The second-order valence-electron chi connectivity index (χ2n) is 3.81. The van der Waals surface area contributed by atoms with Gasteiger partial charge in [0.2, 0.25) is 5.91 Å². The summed E-state index contributed by atoms with van der Waals surface area (Å²) in [6.45, 7) is 4.50. The molecule has 0 saturated heterocycles. The SMILES string of the molecule is CCN(C)C(=O)CNc1c(C#N)c(C)nn1C. The van der Waals surface area contributed by atoms with Crippen LogP contribution in [0.1, 0.15) is 18.2 Å². The van der Waals surface area contributed by atoms with Gasteiger partial charge in [-0.15, -0.1) is 0 Å². The van der Waals surface area contributed by atoms with E-state index >= 15 is 0 Å². The molecule has 0 aromatic carbocycles. The third-order valence-corrected chi connectivity index (χ3v) is 2.64. The number of aryl methyl sites for hydroxylation is 2. The van der Waals surface area contributed by atoms with Gasteiger partial charge in [0.25, 0.3) is 0 Å². The number of hydrogen-bond donors (Lipinski definition) is 1. The Hall–Kier alpha value is -2.03. The Labute approximate surface area is 101 Å².